The van der Waals surface area contributed by atoms with Crippen LogP contribution in [0.15, 0.2) is 24.3 Å². The van der Waals surface area contributed by atoms with E-state index in [0.29, 0.717) is 19.5 Å². The van der Waals surface area contributed by atoms with Crippen molar-refractivity contribution in [1.82, 2.24) is 4.90 Å². The van der Waals surface area contributed by atoms with Gasteiger partial charge in [-0.05, 0) is 24.7 Å². The summed E-state index contributed by atoms with van der Waals surface area (Å²) in [6.45, 7) is 2.48. The highest BCUT2D eigenvalue weighted by molar-refractivity contribution is 5.67. The lowest BCUT2D eigenvalue weighted by molar-refractivity contribution is -0.147. The average molecular weight is 309 g/mol. The highest BCUT2D eigenvalue weighted by atomic mass is 16.5. The molecule has 1 atom stereocenters. The summed E-state index contributed by atoms with van der Waals surface area (Å²) in [5.41, 5.74) is 0.891. The van der Waals surface area contributed by atoms with Gasteiger partial charge in [-0.2, -0.15) is 0 Å². The first-order valence-electron chi connectivity index (χ1n) is 7.14. The maximum Gasteiger partial charge on any atom is 0.304 e. The Morgan fingerprint density at radius 2 is 1.86 bits per heavy atom. The van der Waals surface area contributed by atoms with Gasteiger partial charge in [-0.3, -0.25) is 9.59 Å². The van der Waals surface area contributed by atoms with E-state index in [-0.39, 0.29) is 18.5 Å². The van der Waals surface area contributed by atoms with Gasteiger partial charge in [-0.25, -0.2) is 0 Å². The van der Waals surface area contributed by atoms with Crippen LogP contribution in [0.3, 0.4) is 0 Å². The van der Waals surface area contributed by atoms with Crippen LogP contribution in [0.4, 0.5) is 0 Å². The number of carbonyl (C=O) groups excluding carboxylic acids is 1. The second-order valence-electron chi connectivity index (χ2n) is 5.11. The van der Waals surface area contributed by atoms with E-state index in [9.17, 15) is 9.59 Å². The number of carbonyl (C=O) groups is 2. The van der Waals surface area contributed by atoms with Crippen LogP contribution < -0.4 is 4.74 Å². The number of esters is 1. The van der Waals surface area contributed by atoms with Gasteiger partial charge < -0.3 is 19.5 Å². The van der Waals surface area contributed by atoms with Crippen LogP contribution >= 0.6 is 0 Å². The van der Waals surface area contributed by atoms with Gasteiger partial charge in [0.25, 0.3) is 0 Å². The molecule has 1 N–H and O–H groups in total. The summed E-state index contributed by atoms with van der Waals surface area (Å²) < 4.78 is 10.5. The predicted octanol–water partition coefficient (Wildman–Crippen LogP) is 2.10. The molecule has 6 nitrogen and oxygen atoms in total. The molecule has 0 fully saturated rings. The maximum atomic E-state index is 11.3. The van der Waals surface area contributed by atoms with E-state index in [1.807, 2.05) is 36.2 Å². The van der Waals surface area contributed by atoms with Crippen LogP contribution in [0.2, 0.25) is 0 Å². The Hall–Kier alpha value is -2.08. The average Bonchev–Trinajstić information content (AvgIpc) is 2.49. The number of aliphatic carboxylic acids is 1. The van der Waals surface area contributed by atoms with Gasteiger partial charge in [0.1, 0.15) is 11.9 Å². The minimum Gasteiger partial charge on any atom is -0.497 e. The molecule has 0 radical (unpaired) electrons. The van der Waals surface area contributed by atoms with E-state index < -0.39 is 5.97 Å². The first-order valence-corrected chi connectivity index (χ1v) is 7.14. The third-order valence-corrected chi connectivity index (χ3v) is 3.28. The first kappa shape index (κ1) is 18.0. The number of carboxylic acid groups (broad SMARTS) is 1. The summed E-state index contributed by atoms with van der Waals surface area (Å²) in [6, 6.07) is 7.37. The van der Waals surface area contributed by atoms with Gasteiger partial charge in [0.05, 0.1) is 13.5 Å². The molecule has 1 unspecified atom stereocenters. The lowest BCUT2D eigenvalue weighted by atomic mass is 10.1. The molecule has 22 heavy (non-hydrogen) atoms. The molecule has 0 aliphatic carbocycles. The number of hydrogen-bond acceptors (Lipinski definition) is 5. The summed E-state index contributed by atoms with van der Waals surface area (Å²) in [4.78, 5) is 23.7. The fraction of sp³-hybridized carbons (Fsp3) is 0.500. The normalized spacial score (nSPS) is 12.0. The van der Waals surface area contributed by atoms with Crippen molar-refractivity contribution >= 4 is 11.9 Å². The van der Waals surface area contributed by atoms with Crippen LogP contribution in [-0.2, 0) is 14.3 Å². The van der Waals surface area contributed by atoms with Crippen LogP contribution in [0, 0.1) is 0 Å². The molecule has 0 saturated heterocycles. The van der Waals surface area contributed by atoms with Gasteiger partial charge in [0, 0.05) is 26.4 Å². The lowest BCUT2D eigenvalue weighted by Gasteiger charge is -2.21. The zero-order valence-corrected chi connectivity index (χ0v) is 13.2. The molecule has 1 aromatic rings. The molecular formula is C16H23NO5. The maximum absolute atomic E-state index is 11.3. The molecular weight excluding hydrogens is 286 g/mol. The number of benzene rings is 1. The molecule has 0 aliphatic heterocycles. The fourth-order valence-electron chi connectivity index (χ4n) is 2.05. The Bertz CT molecular complexity index is 486. The topological polar surface area (TPSA) is 76.1 Å². The lowest BCUT2D eigenvalue weighted by Crippen LogP contribution is -2.25. The Morgan fingerprint density at radius 3 is 2.36 bits per heavy atom. The van der Waals surface area contributed by atoms with Crippen LogP contribution in [0.1, 0.15) is 31.4 Å². The van der Waals surface area contributed by atoms with Crippen molar-refractivity contribution in [1.29, 1.82) is 0 Å². The Kier molecular flexibility index (Phi) is 7.39. The van der Waals surface area contributed by atoms with E-state index in [2.05, 4.69) is 0 Å². The van der Waals surface area contributed by atoms with E-state index in [1.165, 1.54) is 6.92 Å². The van der Waals surface area contributed by atoms with Crippen molar-refractivity contribution in [3.63, 3.8) is 0 Å². The Morgan fingerprint density at radius 1 is 1.23 bits per heavy atom. The molecule has 0 bridgehead atoms. The molecule has 0 heterocycles. The van der Waals surface area contributed by atoms with Gasteiger partial charge in [0.15, 0.2) is 0 Å². The molecule has 1 aromatic carbocycles. The molecule has 0 saturated carbocycles. The Labute approximate surface area is 130 Å². The molecule has 0 aromatic heterocycles. The van der Waals surface area contributed by atoms with Crippen molar-refractivity contribution in [2.75, 3.05) is 27.2 Å². The molecule has 1 rings (SSSR count). The summed E-state index contributed by atoms with van der Waals surface area (Å²) in [5, 5.41) is 8.68. The molecule has 0 aliphatic rings. The van der Waals surface area contributed by atoms with Crippen molar-refractivity contribution in [3.05, 3.63) is 29.8 Å². The van der Waals surface area contributed by atoms with Crippen molar-refractivity contribution in [2.45, 2.75) is 25.9 Å². The van der Waals surface area contributed by atoms with E-state index in [1.54, 1.807) is 7.11 Å². The monoisotopic (exact) mass is 309 g/mol. The standard InChI is InChI=1S/C16H23NO5/c1-12(18)22-15(8-10-17(2)11-9-16(19)20)13-4-6-14(21-3)7-5-13/h4-7,15H,8-11H2,1-3H3,(H,19,20). The summed E-state index contributed by atoms with van der Waals surface area (Å²) in [7, 11) is 3.44. The first-order chi connectivity index (χ1) is 10.4. The quantitative estimate of drug-likeness (QED) is 0.704. The molecule has 0 amide bonds. The third-order valence-electron chi connectivity index (χ3n) is 3.28. The molecule has 6 heteroatoms. The van der Waals surface area contributed by atoms with Crippen molar-refractivity contribution in [3.8, 4) is 5.75 Å². The fourth-order valence-corrected chi connectivity index (χ4v) is 2.05. The van der Waals surface area contributed by atoms with Gasteiger partial charge >= 0.3 is 11.9 Å². The smallest absolute Gasteiger partial charge is 0.304 e. The predicted molar refractivity (Wildman–Crippen MR) is 81.9 cm³/mol. The summed E-state index contributed by atoms with van der Waals surface area (Å²) in [6.07, 6.45) is 0.343. The molecule has 122 valence electrons. The van der Waals surface area contributed by atoms with E-state index in [0.717, 1.165) is 11.3 Å². The summed E-state index contributed by atoms with van der Waals surface area (Å²) >= 11 is 0. The van der Waals surface area contributed by atoms with Crippen molar-refractivity contribution < 1.29 is 24.2 Å². The van der Waals surface area contributed by atoms with Crippen molar-refractivity contribution in [2.24, 2.45) is 0 Å². The van der Waals surface area contributed by atoms with Crippen LogP contribution in [0.5, 0.6) is 5.75 Å². The number of ether oxygens (including phenoxy) is 2. The van der Waals surface area contributed by atoms with E-state index in [4.69, 9.17) is 14.6 Å². The highest BCUT2D eigenvalue weighted by Gasteiger charge is 2.16. The number of rotatable bonds is 9. The second kappa shape index (κ2) is 9.04. The van der Waals surface area contributed by atoms with E-state index >= 15 is 0 Å². The zero-order valence-electron chi connectivity index (χ0n) is 13.2. The number of methoxy groups -OCH3 is 1. The van der Waals surface area contributed by atoms with Crippen LogP contribution in [-0.4, -0.2) is 49.2 Å². The number of carboxylic acids is 1. The largest absolute Gasteiger partial charge is 0.497 e. The van der Waals surface area contributed by atoms with Gasteiger partial charge in [0.2, 0.25) is 0 Å². The van der Waals surface area contributed by atoms with Crippen LogP contribution in [0.25, 0.3) is 0 Å². The number of nitrogens with zero attached hydrogens (tertiary/aromatic N) is 1. The SMILES string of the molecule is COc1ccc(C(CCN(C)CCC(=O)O)OC(C)=O)cc1. The summed E-state index contributed by atoms with van der Waals surface area (Å²) in [5.74, 6) is -0.420. The zero-order chi connectivity index (χ0) is 16.5. The van der Waals surface area contributed by atoms with Gasteiger partial charge in [-0.15, -0.1) is 0 Å². The highest BCUT2D eigenvalue weighted by Crippen LogP contribution is 2.24. The molecule has 0 spiro atoms. The Balaban J connectivity index is 2.63. The number of hydrogen-bond donors (Lipinski definition) is 1. The minimum absolute atomic E-state index is 0.0945. The third kappa shape index (κ3) is 6.58. The van der Waals surface area contributed by atoms with Gasteiger partial charge in [-0.1, -0.05) is 12.1 Å². The second-order valence-corrected chi connectivity index (χ2v) is 5.11. The minimum atomic E-state index is -0.821.